The van der Waals surface area contributed by atoms with Crippen molar-refractivity contribution >= 4 is 46.8 Å². The number of aliphatic hydroxyl groups is 1. The van der Waals surface area contributed by atoms with Crippen molar-refractivity contribution < 1.29 is 24.3 Å². The van der Waals surface area contributed by atoms with Crippen molar-refractivity contribution in [3.05, 3.63) is 107 Å². The predicted molar refractivity (Wildman–Crippen MR) is 242 cm³/mol. The van der Waals surface area contributed by atoms with Crippen molar-refractivity contribution in [1.82, 2.24) is 20.1 Å². The van der Waals surface area contributed by atoms with E-state index in [2.05, 4.69) is 74.4 Å². The highest BCUT2D eigenvalue weighted by Gasteiger charge is 2.44. The van der Waals surface area contributed by atoms with E-state index in [0.29, 0.717) is 36.8 Å². The quantitative estimate of drug-likeness (QED) is 0.0527. The van der Waals surface area contributed by atoms with E-state index in [9.17, 15) is 24.3 Å². The summed E-state index contributed by atoms with van der Waals surface area (Å²) in [5.74, 6) is 2.03. The largest absolute Gasteiger partial charge is 0.394 e. The molecule has 0 spiro atoms. The van der Waals surface area contributed by atoms with E-state index in [1.165, 1.54) is 43.2 Å². The van der Waals surface area contributed by atoms with Gasteiger partial charge in [-0.25, -0.2) is 0 Å². The zero-order valence-electron chi connectivity index (χ0n) is 35.4. The van der Waals surface area contributed by atoms with E-state index < -0.39 is 6.04 Å². The maximum absolute atomic E-state index is 13.2. The maximum Gasteiger partial charge on any atom is 0.255 e. The van der Waals surface area contributed by atoms with E-state index in [4.69, 9.17) is 0 Å². The van der Waals surface area contributed by atoms with Gasteiger partial charge in [0.1, 0.15) is 6.04 Å². The smallest absolute Gasteiger partial charge is 0.255 e. The van der Waals surface area contributed by atoms with Crippen molar-refractivity contribution in [2.45, 2.75) is 113 Å². The highest BCUT2D eigenvalue weighted by Crippen LogP contribution is 2.48. The first-order chi connectivity index (χ1) is 30.3. The summed E-state index contributed by atoms with van der Waals surface area (Å²) in [5, 5.41) is 19.5. The summed E-state index contributed by atoms with van der Waals surface area (Å²) in [7, 11) is 0. The Balaban J connectivity index is 0.708. The Morgan fingerprint density at radius 1 is 0.871 bits per heavy atom. The normalized spacial score (nSPS) is 24.5. The Morgan fingerprint density at radius 3 is 2.44 bits per heavy atom. The molecule has 3 fully saturated rings. The lowest BCUT2D eigenvalue weighted by atomic mass is 9.78. The predicted octanol–water partition coefficient (Wildman–Crippen LogP) is 8.35. The van der Waals surface area contributed by atoms with Gasteiger partial charge in [0.05, 0.1) is 12.6 Å². The molecule has 5 heterocycles. The van der Waals surface area contributed by atoms with E-state index in [-0.39, 0.29) is 48.7 Å². The summed E-state index contributed by atoms with van der Waals surface area (Å²) in [5.41, 5.74) is 8.27. The SMILES string of the molecule is O=C1CCC(N2Cc3c(SCCCC4CCC(CCCC(=O)Nc5cccc(-c6ccc7c(c6)[C@H]6[C@H](CCN6Cc6ccncc6)[C@@H](CO)N7)c5)CC4)cccc3C2=O)C(=O)N1. The molecule has 4 N–H and O–H groups in total. The average molecular weight is 855 g/mol. The van der Waals surface area contributed by atoms with Gasteiger partial charge in [-0.2, -0.15) is 0 Å². The third-order valence-electron chi connectivity index (χ3n) is 14.1. The summed E-state index contributed by atoms with van der Waals surface area (Å²) in [6.07, 6.45) is 15.1. The van der Waals surface area contributed by atoms with E-state index in [0.717, 1.165) is 83.4 Å². The Bertz CT molecular complexity index is 2280. The number of hydrogen-bond acceptors (Lipinski definition) is 9. The van der Waals surface area contributed by atoms with Crippen molar-refractivity contribution in [3.63, 3.8) is 0 Å². The Morgan fingerprint density at radius 2 is 1.65 bits per heavy atom. The molecule has 1 unspecified atom stereocenters. The number of anilines is 2. The van der Waals surface area contributed by atoms with Crippen LogP contribution in [-0.4, -0.2) is 74.5 Å². The van der Waals surface area contributed by atoms with Gasteiger partial charge in [-0.1, -0.05) is 49.9 Å². The number of thioether (sulfide) groups is 1. The van der Waals surface area contributed by atoms with Gasteiger partial charge in [0.2, 0.25) is 17.7 Å². The molecule has 12 heteroatoms. The van der Waals surface area contributed by atoms with Crippen molar-refractivity contribution in [2.75, 3.05) is 29.5 Å². The zero-order chi connectivity index (χ0) is 42.6. The van der Waals surface area contributed by atoms with Gasteiger partial charge in [-0.05, 0) is 139 Å². The molecule has 5 aliphatic rings. The Labute approximate surface area is 368 Å². The fourth-order valence-electron chi connectivity index (χ4n) is 10.8. The number of aromatic nitrogens is 1. The molecule has 0 radical (unpaired) electrons. The molecule has 324 valence electrons. The molecular weight excluding hydrogens is 797 g/mol. The highest BCUT2D eigenvalue weighted by atomic mass is 32.2. The van der Waals surface area contributed by atoms with Gasteiger partial charge in [-0.3, -0.25) is 34.4 Å². The molecular formula is C50H58N6O5S. The van der Waals surface area contributed by atoms with Crippen LogP contribution in [0, 0.1) is 17.8 Å². The minimum absolute atomic E-state index is 0.0263. The first-order valence-electron chi connectivity index (χ1n) is 22.7. The minimum atomic E-state index is -0.591. The summed E-state index contributed by atoms with van der Waals surface area (Å²) >= 11 is 1.81. The molecule has 2 saturated heterocycles. The van der Waals surface area contributed by atoms with Crippen LogP contribution in [0.4, 0.5) is 11.4 Å². The van der Waals surface area contributed by atoms with E-state index in [1.807, 2.05) is 36.7 Å². The number of likely N-dealkylation sites (tertiary alicyclic amines) is 1. The lowest BCUT2D eigenvalue weighted by Gasteiger charge is -2.39. The number of nitrogens with one attached hydrogen (secondary N) is 3. The Kier molecular flexibility index (Phi) is 13.1. The molecule has 11 nitrogen and oxygen atoms in total. The number of carbonyl (C=O) groups is 4. The van der Waals surface area contributed by atoms with E-state index in [1.54, 1.807) is 16.7 Å². The summed E-state index contributed by atoms with van der Waals surface area (Å²) in [6, 6.07) is 24.4. The summed E-state index contributed by atoms with van der Waals surface area (Å²) in [4.78, 5) is 60.0. The average Bonchev–Trinajstić information content (AvgIpc) is 3.86. The molecule has 4 aliphatic heterocycles. The lowest BCUT2D eigenvalue weighted by Crippen LogP contribution is -2.52. The fourth-order valence-corrected chi connectivity index (χ4v) is 11.9. The van der Waals surface area contributed by atoms with Gasteiger partial charge in [0.25, 0.3) is 5.91 Å². The molecule has 0 bridgehead atoms. The number of rotatable bonds is 15. The number of piperidine rings is 1. The van der Waals surface area contributed by atoms with Gasteiger partial charge in [-0.15, -0.1) is 11.8 Å². The lowest BCUT2D eigenvalue weighted by molar-refractivity contribution is -0.137. The molecule has 1 saturated carbocycles. The summed E-state index contributed by atoms with van der Waals surface area (Å²) < 4.78 is 0. The molecule has 4 atom stereocenters. The number of carbonyl (C=O) groups excluding carboxylic acids is 4. The second kappa shape index (κ2) is 19.1. The van der Waals surface area contributed by atoms with Gasteiger partial charge in [0.15, 0.2) is 0 Å². The monoisotopic (exact) mass is 854 g/mol. The van der Waals surface area contributed by atoms with Crippen molar-refractivity contribution in [2.24, 2.45) is 17.8 Å². The first-order valence-corrected chi connectivity index (χ1v) is 23.7. The van der Waals surface area contributed by atoms with Gasteiger partial charge < -0.3 is 20.6 Å². The number of hydrogen-bond donors (Lipinski definition) is 4. The highest BCUT2D eigenvalue weighted by molar-refractivity contribution is 7.99. The molecule has 9 rings (SSSR count). The topological polar surface area (TPSA) is 144 Å². The number of pyridine rings is 1. The number of benzene rings is 3. The molecule has 62 heavy (non-hydrogen) atoms. The maximum atomic E-state index is 13.2. The molecule has 3 aromatic carbocycles. The van der Waals surface area contributed by atoms with Crippen molar-refractivity contribution in [3.8, 4) is 11.1 Å². The van der Waals surface area contributed by atoms with E-state index >= 15 is 0 Å². The first kappa shape index (κ1) is 42.3. The van der Waals surface area contributed by atoms with Crippen LogP contribution in [0.5, 0.6) is 0 Å². The zero-order valence-corrected chi connectivity index (χ0v) is 36.2. The van der Waals surface area contributed by atoms with Gasteiger partial charge in [0, 0.05) is 72.1 Å². The van der Waals surface area contributed by atoms with Crippen LogP contribution < -0.4 is 16.0 Å². The Hall–Kier alpha value is -5.04. The van der Waals surface area contributed by atoms with Crippen LogP contribution in [0.2, 0.25) is 0 Å². The number of amides is 4. The standard InChI is InChI=1S/C50H58N6O5S/c57-31-43-39-22-25-55(29-34-20-23-51-24-21-34)48(39)40-28-36(16-17-42(40)53-43)35-7-2-8-37(27-35)52-46(58)11-1-5-32-12-14-33(15-13-32)6-4-26-62-45-10-3-9-38-41(45)30-56(50(38)61)44-18-19-47(59)54-49(44)60/h2-3,7-10,16-17,20-21,23-24,27-28,32-33,39,43-44,48,53,57H,1,4-6,11-15,18-19,22,25-26,29-31H2,(H,52,58)(H,54,59,60)/t32?,33?,39-,43-,44?,48-/m1/s1. The molecule has 1 aliphatic carbocycles. The number of imide groups is 1. The number of nitrogens with zero attached hydrogens (tertiary/aromatic N) is 3. The molecule has 4 aromatic rings. The van der Waals surface area contributed by atoms with Gasteiger partial charge >= 0.3 is 0 Å². The van der Waals surface area contributed by atoms with Crippen LogP contribution in [0.3, 0.4) is 0 Å². The van der Waals surface area contributed by atoms with Crippen LogP contribution in [-0.2, 0) is 27.5 Å². The second-order valence-electron chi connectivity index (χ2n) is 18.0. The number of fused-ring (bicyclic) bond motifs is 4. The fraction of sp³-hybridized carbons (Fsp3) is 0.460. The number of aliphatic hydroxyl groups excluding tert-OH is 1. The van der Waals surface area contributed by atoms with Crippen LogP contribution in [0.15, 0.2) is 90.1 Å². The third-order valence-corrected chi connectivity index (χ3v) is 15.3. The minimum Gasteiger partial charge on any atom is -0.394 e. The van der Waals surface area contributed by atoms with Crippen LogP contribution in [0.1, 0.15) is 110 Å². The van der Waals surface area contributed by atoms with Crippen LogP contribution >= 0.6 is 11.8 Å². The van der Waals surface area contributed by atoms with Crippen LogP contribution in [0.25, 0.3) is 11.1 Å². The van der Waals surface area contributed by atoms with Crippen molar-refractivity contribution in [1.29, 1.82) is 0 Å². The molecule has 1 aromatic heterocycles. The second-order valence-corrected chi connectivity index (χ2v) is 19.2. The molecule has 4 amide bonds. The summed E-state index contributed by atoms with van der Waals surface area (Å²) in [6.45, 7) is 2.34. The third kappa shape index (κ3) is 9.33.